The van der Waals surface area contributed by atoms with Gasteiger partial charge in [-0.15, -0.1) is 0 Å². The predicted octanol–water partition coefficient (Wildman–Crippen LogP) is 2.36. The molecule has 0 saturated carbocycles. The van der Waals surface area contributed by atoms with E-state index in [0.29, 0.717) is 18.8 Å². The van der Waals surface area contributed by atoms with Gasteiger partial charge in [0.25, 0.3) is 0 Å². The molecule has 3 rings (SSSR count). The SMILES string of the molecule is Cc1ccc(-n2nc(C)cc2NC(=O)CCCN2C(=O)CCC2=O)cc1. The fourth-order valence-corrected chi connectivity index (χ4v) is 2.95. The van der Waals surface area contributed by atoms with Crippen LogP contribution in [-0.2, 0) is 14.4 Å². The Morgan fingerprint density at radius 1 is 1.12 bits per heavy atom. The number of likely N-dealkylation sites (tertiary alicyclic amines) is 1. The minimum absolute atomic E-state index is 0.150. The van der Waals surface area contributed by atoms with Crippen LogP contribution in [-0.4, -0.2) is 38.9 Å². The van der Waals surface area contributed by atoms with E-state index in [0.717, 1.165) is 16.9 Å². The van der Waals surface area contributed by atoms with Gasteiger partial charge in [-0.3, -0.25) is 19.3 Å². The first-order valence-electron chi connectivity index (χ1n) is 8.71. The molecule has 7 nitrogen and oxygen atoms in total. The quantitative estimate of drug-likeness (QED) is 0.807. The molecule has 1 aromatic heterocycles. The van der Waals surface area contributed by atoms with Gasteiger partial charge in [-0.25, -0.2) is 4.68 Å². The van der Waals surface area contributed by atoms with Crippen LogP contribution in [0, 0.1) is 13.8 Å². The summed E-state index contributed by atoms with van der Waals surface area (Å²) in [6.07, 6.45) is 1.23. The smallest absolute Gasteiger partial charge is 0.229 e. The number of hydrogen-bond acceptors (Lipinski definition) is 4. The molecule has 0 radical (unpaired) electrons. The predicted molar refractivity (Wildman–Crippen MR) is 96.9 cm³/mol. The number of aromatic nitrogens is 2. The highest BCUT2D eigenvalue weighted by Crippen LogP contribution is 2.18. The molecule has 136 valence electrons. The monoisotopic (exact) mass is 354 g/mol. The number of carbonyl (C=O) groups excluding carboxylic acids is 3. The molecule has 0 unspecified atom stereocenters. The van der Waals surface area contributed by atoms with E-state index in [1.54, 1.807) is 4.68 Å². The third-order valence-corrected chi connectivity index (χ3v) is 4.32. The van der Waals surface area contributed by atoms with E-state index in [4.69, 9.17) is 0 Å². The van der Waals surface area contributed by atoms with Crippen LogP contribution in [0.15, 0.2) is 30.3 Å². The summed E-state index contributed by atoms with van der Waals surface area (Å²) in [7, 11) is 0. The first kappa shape index (κ1) is 17.8. The number of nitrogens with one attached hydrogen (secondary N) is 1. The van der Waals surface area contributed by atoms with Gasteiger partial charge in [-0.2, -0.15) is 5.10 Å². The van der Waals surface area contributed by atoms with Crippen LogP contribution in [0.2, 0.25) is 0 Å². The van der Waals surface area contributed by atoms with Crippen molar-refractivity contribution < 1.29 is 14.4 Å². The summed E-state index contributed by atoms with van der Waals surface area (Å²) < 4.78 is 1.69. The topological polar surface area (TPSA) is 84.3 Å². The molecule has 1 N–H and O–H groups in total. The van der Waals surface area contributed by atoms with Gasteiger partial charge in [-0.05, 0) is 32.4 Å². The van der Waals surface area contributed by atoms with Crippen LogP contribution in [0.3, 0.4) is 0 Å². The van der Waals surface area contributed by atoms with E-state index in [1.165, 1.54) is 4.90 Å². The summed E-state index contributed by atoms with van der Waals surface area (Å²) in [5.41, 5.74) is 2.82. The highest BCUT2D eigenvalue weighted by atomic mass is 16.2. The molecule has 2 aromatic rings. The maximum Gasteiger partial charge on any atom is 0.229 e. The van der Waals surface area contributed by atoms with Gasteiger partial charge >= 0.3 is 0 Å². The lowest BCUT2D eigenvalue weighted by atomic mass is 10.2. The third-order valence-electron chi connectivity index (χ3n) is 4.32. The number of aryl methyl sites for hydroxylation is 2. The number of anilines is 1. The lowest BCUT2D eigenvalue weighted by Crippen LogP contribution is -2.30. The van der Waals surface area contributed by atoms with Crippen LogP contribution >= 0.6 is 0 Å². The molecule has 0 aliphatic carbocycles. The molecule has 1 aliphatic rings. The van der Waals surface area contributed by atoms with Crippen molar-refractivity contribution in [3.05, 3.63) is 41.6 Å². The molecule has 1 aliphatic heterocycles. The van der Waals surface area contributed by atoms with Gasteiger partial charge < -0.3 is 5.32 Å². The Bertz CT molecular complexity index is 823. The summed E-state index contributed by atoms with van der Waals surface area (Å²) in [5, 5.41) is 7.30. The second-order valence-corrected chi connectivity index (χ2v) is 6.51. The molecular weight excluding hydrogens is 332 g/mol. The third kappa shape index (κ3) is 3.99. The maximum atomic E-state index is 12.3. The van der Waals surface area contributed by atoms with Gasteiger partial charge in [-0.1, -0.05) is 17.7 Å². The summed E-state index contributed by atoms with van der Waals surface area (Å²) in [6, 6.07) is 9.68. The van der Waals surface area contributed by atoms with E-state index in [2.05, 4.69) is 10.4 Å². The summed E-state index contributed by atoms with van der Waals surface area (Å²) in [5.74, 6) is 0.133. The second-order valence-electron chi connectivity index (χ2n) is 6.51. The molecule has 1 fully saturated rings. The summed E-state index contributed by atoms with van der Waals surface area (Å²) in [4.78, 5) is 36.6. The van der Waals surface area contributed by atoms with Gasteiger partial charge in [0, 0.05) is 31.9 Å². The van der Waals surface area contributed by atoms with Crippen molar-refractivity contribution in [2.75, 3.05) is 11.9 Å². The molecule has 0 atom stereocenters. The Morgan fingerprint density at radius 2 is 1.77 bits per heavy atom. The van der Waals surface area contributed by atoms with Gasteiger partial charge in [0.1, 0.15) is 5.82 Å². The summed E-state index contributed by atoms with van der Waals surface area (Å²) in [6.45, 7) is 4.17. The van der Waals surface area contributed by atoms with Crippen molar-refractivity contribution >= 4 is 23.5 Å². The lowest BCUT2D eigenvalue weighted by Gasteiger charge is -2.13. The first-order chi connectivity index (χ1) is 12.4. The number of imide groups is 1. The summed E-state index contributed by atoms with van der Waals surface area (Å²) >= 11 is 0. The number of rotatable bonds is 6. The number of carbonyl (C=O) groups is 3. The van der Waals surface area contributed by atoms with Gasteiger partial charge in [0.2, 0.25) is 17.7 Å². The Morgan fingerprint density at radius 3 is 2.42 bits per heavy atom. The zero-order valence-corrected chi connectivity index (χ0v) is 15.0. The zero-order valence-electron chi connectivity index (χ0n) is 15.0. The molecule has 3 amide bonds. The van der Waals surface area contributed by atoms with Crippen LogP contribution in [0.25, 0.3) is 5.69 Å². The van der Waals surface area contributed by atoms with Crippen molar-refractivity contribution in [3.63, 3.8) is 0 Å². The standard InChI is InChI=1S/C19H22N4O3/c1-13-5-7-15(8-6-13)23-16(12-14(2)21-23)20-17(24)4-3-11-22-18(25)9-10-19(22)26/h5-8,12H,3-4,9-11H2,1-2H3,(H,20,24). The number of amides is 3. The molecule has 1 aromatic carbocycles. The van der Waals surface area contributed by atoms with Crippen molar-refractivity contribution in [2.24, 2.45) is 0 Å². The molecule has 0 spiro atoms. The van der Waals surface area contributed by atoms with E-state index >= 15 is 0 Å². The number of nitrogens with zero attached hydrogens (tertiary/aromatic N) is 3. The molecule has 26 heavy (non-hydrogen) atoms. The first-order valence-corrected chi connectivity index (χ1v) is 8.71. The Balaban J connectivity index is 1.60. The van der Waals surface area contributed by atoms with E-state index < -0.39 is 0 Å². The van der Waals surface area contributed by atoms with Crippen LogP contribution in [0.4, 0.5) is 5.82 Å². The Kier molecular flexibility index (Phi) is 5.16. The Labute approximate surface area is 152 Å². The number of hydrogen-bond donors (Lipinski definition) is 1. The Hall–Kier alpha value is -2.96. The fraction of sp³-hybridized carbons (Fsp3) is 0.368. The largest absolute Gasteiger partial charge is 0.311 e. The molecule has 7 heteroatoms. The highest BCUT2D eigenvalue weighted by Gasteiger charge is 2.28. The van der Waals surface area contributed by atoms with Crippen LogP contribution in [0.1, 0.15) is 36.9 Å². The number of benzene rings is 1. The van der Waals surface area contributed by atoms with Crippen molar-refractivity contribution in [3.8, 4) is 5.69 Å². The molecule has 2 heterocycles. The molecule has 0 bridgehead atoms. The van der Waals surface area contributed by atoms with E-state index in [9.17, 15) is 14.4 Å². The van der Waals surface area contributed by atoms with Crippen LogP contribution in [0.5, 0.6) is 0 Å². The van der Waals surface area contributed by atoms with E-state index in [1.807, 2.05) is 44.2 Å². The fourth-order valence-electron chi connectivity index (χ4n) is 2.95. The minimum Gasteiger partial charge on any atom is -0.311 e. The van der Waals surface area contributed by atoms with Crippen molar-refractivity contribution in [1.29, 1.82) is 0 Å². The van der Waals surface area contributed by atoms with E-state index in [-0.39, 0.29) is 37.0 Å². The molecular formula is C19H22N4O3. The van der Waals surface area contributed by atoms with Gasteiger partial charge in [0.15, 0.2) is 0 Å². The lowest BCUT2D eigenvalue weighted by molar-refractivity contribution is -0.138. The average Bonchev–Trinajstić information content (AvgIpc) is 3.12. The van der Waals surface area contributed by atoms with Gasteiger partial charge in [0.05, 0.1) is 11.4 Å². The van der Waals surface area contributed by atoms with Crippen molar-refractivity contribution in [1.82, 2.24) is 14.7 Å². The normalized spacial score (nSPS) is 14.2. The van der Waals surface area contributed by atoms with Crippen molar-refractivity contribution in [2.45, 2.75) is 39.5 Å². The highest BCUT2D eigenvalue weighted by molar-refractivity contribution is 6.02. The maximum absolute atomic E-state index is 12.3. The second kappa shape index (κ2) is 7.51. The average molecular weight is 354 g/mol. The molecule has 1 saturated heterocycles. The minimum atomic E-state index is -0.169. The zero-order chi connectivity index (χ0) is 18.7. The van der Waals surface area contributed by atoms with Crippen LogP contribution < -0.4 is 5.32 Å².